The van der Waals surface area contributed by atoms with Gasteiger partial charge >= 0.3 is 5.97 Å². The Hall–Kier alpha value is -2.66. The minimum absolute atomic E-state index is 0.00591. The van der Waals surface area contributed by atoms with Gasteiger partial charge in [0, 0.05) is 5.02 Å². The van der Waals surface area contributed by atoms with Gasteiger partial charge in [-0.2, -0.15) is 0 Å². The van der Waals surface area contributed by atoms with Crippen LogP contribution >= 0.6 is 11.6 Å². The van der Waals surface area contributed by atoms with Crippen LogP contribution in [0.4, 0.5) is 0 Å². The maximum Gasteiger partial charge on any atom is 0.336 e. The third-order valence-corrected chi connectivity index (χ3v) is 4.54. The fourth-order valence-electron chi connectivity index (χ4n) is 2.97. The number of hydrogen-bond donors (Lipinski definition) is 0. The summed E-state index contributed by atoms with van der Waals surface area (Å²) >= 11 is 5.96. The van der Waals surface area contributed by atoms with Crippen molar-refractivity contribution >= 4 is 29.4 Å². The lowest BCUT2D eigenvalue weighted by Crippen LogP contribution is -2.33. The molecule has 2 amide bonds. The summed E-state index contributed by atoms with van der Waals surface area (Å²) in [5.74, 6) is -2.15. The van der Waals surface area contributed by atoms with Crippen LogP contribution in [0.15, 0.2) is 48.5 Å². The van der Waals surface area contributed by atoms with Crippen molar-refractivity contribution in [2.24, 2.45) is 5.92 Å². The van der Waals surface area contributed by atoms with Gasteiger partial charge in [-0.05, 0) is 42.2 Å². The third-order valence-electron chi connectivity index (χ3n) is 4.31. The fourth-order valence-corrected chi connectivity index (χ4v) is 3.17. The molecule has 0 spiro atoms. The number of fused-ring (bicyclic) bond motifs is 1. The van der Waals surface area contributed by atoms with Crippen LogP contribution < -0.4 is 0 Å². The van der Waals surface area contributed by atoms with Gasteiger partial charge in [-0.15, -0.1) is 0 Å². The number of benzene rings is 2. The lowest BCUT2D eigenvalue weighted by atomic mass is 10.1. The van der Waals surface area contributed by atoms with E-state index >= 15 is 0 Å². The fraction of sp³-hybridized carbons (Fsp3) is 0.167. The third kappa shape index (κ3) is 2.37. The number of hydroxylamine groups is 2. The van der Waals surface area contributed by atoms with Gasteiger partial charge in [0.05, 0.1) is 17.0 Å². The number of amides is 2. The number of hydrogen-bond acceptors (Lipinski definition) is 4. The Labute approximate surface area is 142 Å². The number of nitrogens with zero attached hydrogens (tertiary/aromatic N) is 1. The largest absolute Gasteiger partial charge is 0.336 e. The maximum absolute atomic E-state index is 12.3. The molecule has 2 aliphatic rings. The SMILES string of the molecule is O=C(ON1C(=O)c2ccccc2C1=O)[C@@H]1C[C@H]1c1cccc(Cl)c1. The van der Waals surface area contributed by atoms with E-state index < -0.39 is 17.8 Å². The van der Waals surface area contributed by atoms with Crippen molar-refractivity contribution in [2.45, 2.75) is 12.3 Å². The second kappa shape index (κ2) is 5.46. The zero-order valence-corrected chi connectivity index (χ0v) is 13.2. The minimum Gasteiger partial charge on any atom is -0.329 e. The lowest BCUT2D eigenvalue weighted by molar-refractivity contribution is -0.170. The smallest absolute Gasteiger partial charge is 0.329 e. The monoisotopic (exact) mass is 341 g/mol. The van der Waals surface area contributed by atoms with Crippen LogP contribution in [0, 0.1) is 5.92 Å². The van der Waals surface area contributed by atoms with E-state index in [9.17, 15) is 14.4 Å². The van der Waals surface area contributed by atoms with Crippen LogP contribution in [0.1, 0.15) is 38.6 Å². The average Bonchev–Trinajstić information content (AvgIpc) is 3.35. The first-order chi connectivity index (χ1) is 11.6. The van der Waals surface area contributed by atoms with Gasteiger partial charge in [-0.3, -0.25) is 9.59 Å². The molecule has 2 atom stereocenters. The number of carbonyl (C=O) groups is 3. The molecule has 2 aromatic rings. The molecule has 0 unspecified atom stereocenters. The van der Waals surface area contributed by atoms with Crippen LogP contribution in [0.3, 0.4) is 0 Å². The summed E-state index contributed by atoms with van der Waals surface area (Å²) in [6.45, 7) is 0. The van der Waals surface area contributed by atoms with Crippen molar-refractivity contribution in [3.05, 3.63) is 70.2 Å². The summed E-state index contributed by atoms with van der Waals surface area (Å²) in [7, 11) is 0. The Morgan fingerprint density at radius 1 is 1.04 bits per heavy atom. The predicted molar refractivity (Wildman–Crippen MR) is 85.3 cm³/mol. The maximum atomic E-state index is 12.3. The molecular formula is C18H12ClNO4. The van der Waals surface area contributed by atoms with Crippen molar-refractivity contribution in [3.8, 4) is 0 Å². The molecule has 6 heteroatoms. The normalized spacial score (nSPS) is 21.6. The summed E-state index contributed by atoms with van der Waals surface area (Å²) in [5.41, 5.74) is 1.45. The molecule has 0 saturated heterocycles. The molecule has 1 heterocycles. The molecule has 5 nitrogen and oxygen atoms in total. The Morgan fingerprint density at radius 3 is 2.33 bits per heavy atom. The van der Waals surface area contributed by atoms with Crippen molar-refractivity contribution in [1.29, 1.82) is 0 Å². The topological polar surface area (TPSA) is 63.7 Å². The van der Waals surface area contributed by atoms with Gasteiger partial charge in [-0.1, -0.05) is 40.9 Å². The Kier molecular flexibility index (Phi) is 3.39. The predicted octanol–water partition coefficient (Wildman–Crippen LogP) is 3.20. The van der Waals surface area contributed by atoms with Crippen LogP contribution in [-0.4, -0.2) is 22.8 Å². The van der Waals surface area contributed by atoms with Crippen LogP contribution in [-0.2, 0) is 9.63 Å². The molecule has 120 valence electrons. The van der Waals surface area contributed by atoms with E-state index in [4.69, 9.17) is 16.4 Å². The molecule has 0 radical (unpaired) electrons. The van der Waals surface area contributed by atoms with Gasteiger partial charge in [0.25, 0.3) is 11.8 Å². The molecule has 1 saturated carbocycles. The van der Waals surface area contributed by atoms with Crippen molar-refractivity contribution in [3.63, 3.8) is 0 Å². The molecule has 1 fully saturated rings. The highest BCUT2D eigenvalue weighted by atomic mass is 35.5. The van der Waals surface area contributed by atoms with E-state index in [1.807, 2.05) is 18.2 Å². The quantitative estimate of drug-likeness (QED) is 0.804. The van der Waals surface area contributed by atoms with Crippen molar-refractivity contribution < 1.29 is 19.2 Å². The molecule has 4 rings (SSSR count). The molecule has 24 heavy (non-hydrogen) atoms. The summed E-state index contributed by atoms with van der Waals surface area (Å²) in [6, 6.07) is 13.7. The Bertz CT molecular complexity index is 844. The summed E-state index contributed by atoms with van der Waals surface area (Å²) in [4.78, 5) is 41.7. The van der Waals surface area contributed by atoms with E-state index in [-0.39, 0.29) is 23.0 Å². The van der Waals surface area contributed by atoms with E-state index in [0.29, 0.717) is 16.5 Å². The first-order valence-electron chi connectivity index (χ1n) is 7.51. The van der Waals surface area contributed by atoms with Crippen molar-refractivity contribution in [2.75, 3.05) is 0 Å². The van der Waals surface area contributed by atoms with Crippen LogP contribution in [0.25, 0.3) is 0 Å². The Morgan fingerprint density at radius 2 is 1.71 bits per heavy atom. The summed E-state index contributed by atoms with van der Waals surface area (Å²) in [5, 5.41) is 1.16. The molecule has 0 N–H and O–H groups in total. The number of imide groups is 1. The van der Waals surface area contributed by atoms with Crippen molar-refractivity contribution in [1.82, 2.24) is 5.06 Å². The zero-order chi connectivity index (χ0) is 16.8. The number of rotatable bonds is 3. The number of carbonyl (C=O) groups excluding carboxylic acids is 3. The molecule has 1 aliphatic heterocycles. The summed E-state index contributed by atoms with van der Waals surface area (Å²) < 4.78 is 0. The van der Waals surface area contributed by atoms with Gasteiger partial charge in [0.15, 0.2) is 0 Å². The second-order valence-corrected chi connectivity index (χ2v) is 6.30. The first-order valence-corrected chi connectivity index (χ1v) is 7.89. The van der Waals surface area contributed by atoms with E-state index in [0.717, 1.165) is 5.56 Å². The standard InChI is InChI=1S/C18H12ClNO4/c19-11-5-3-4-10(8-11)14-9-15(14)18(23)24-20-16(21)12-6-1-2-7-13(12)17(20)22/h1-8,14-15H,9H2/t14-,15+/m0/s1. The zero-order valence-electron chi connectivity index (χ0n) is 12.4. The highest BCUT2D eigenvalue weighted by Crippen LogP contribution is 2.48. The molecule has 2 aromatic carbocycles. The summed E-state index contributed by atoms with van der Waals surface area (Å²) in [6.07, 6.45) is 0.613. The number of halogens is 1. The van der Waals surface area contributed by atoms with Crippen LogP contribution in [0.2, 0.25) is 5.02 Å². The van der Waals surface area contributed by atoms with E-state index in [2.05, 4.69) is 0 Å². The average molecular weight is 342 g/mol. The molecular weight excluding hydrogens is 330 g/mol. The van der Waals surface area contributed by atoms with Gasteiger partial charge in [0.2, 0.25) is 0 Å². The highest BCUT2D eigenvalue weighted by molar-refractivity contribution is 6.30. The molecule has 0 aromatic heterocycles. The van der Waals surface area contributed by atoms with Gasteiger partial charge in [-0.25, -0.2) is 4.79 Å². The van der Waals surface area contributed by atoms with E-state index in [1.165, 1.54) is 12.1 Å². The highest BCUT2D eigenvalue weighted by Gasteiger charge is 2.48. The molecule has 0 bridgehead atoms. The first kappa shape index (κ1) is 14.9. The second-order valence-electron chi connectivity index (χ2n) is 5.86. The van der Waals surface area contributed by atoms with Gasteiger partial charge in [0.1, 0.15) is 0 Å². The molecule has 1 aliphatic carbocycles. The lowest BCUT2D eigenvalue weighted by Gasteiger charge is -2.12. The van der Waals surface area contributed by atoms with E-state index in [1.54, 1.807) is 18.2 Å². The van der Waals surface area contributed by atoms with Gasteiger partial charge < -0.3 is 4.84 Å². The minimum atomic E-state index is -0.607. The van der Waals surface area contributed by atoms with Crippen LogP contribution in [0.5, 0.6) is 0 Å². The Balaban J connectivity index is 1.47.